The Balaban J connectivity index is 1.50. The maximum absolute atomic E-state index is 13.5. The van der Waals surface area contributed by atoms with E-state index >= 15 is 0 Å². The lowest BCUT2D eigenvalue weighted by atomic mass is 9.95. The summed E-state index contributed by atoms with van der Waals surface area (Å²) in [6, 6.07) is 15.1. The first-order valence-corrected chi connectivity index (χ1v) is 11.0. The topological polar surface area (TPSA) is 90.4 Å². The zero-order valence-corrected chi connectivity index (χ0v) is 18.3. The number of para-hydroxylation sites is 1. The molecule has 0 aliphatic carbocycles. The normalized spacial score (nSPS) is 16.2. The van der Waals surface area contributed by atoms with Crippen LogP contribution in [0.5, 0.6) is 0 Å². The fraction of sp³-hybridized carbons (Fsp3) is 0.160. The minimum Gasteiger partial charge on any atom is -0.503 e. The molecule has 2 aromatic carbocycles. The maximum atomic E-state index is 13.5. The van der Waals surface area contributed by atoms with E-state index in [0.717, 1.165) is 5.39 Å². The van der Waals surface area contributed by atoms with Crippen molar-refractivity contribution in [2.45, 2.75) is 19.0 Å². The first-order valence-electron chi connectivity index (χ1n) is 10.6. The molecule has 1 aliphatic heterocycles. The van der Waals surface area contributed by atoms with Gasteiger partial charge in [0.05, 0.1) is 18.2 Å². The number of ketones is 1. The third-order valence-electron chi connectivity index (χ3n) is 5.80. The van der Waals surface area contributed by atoms with E-state index in [1.54, 1.807) is 36.4 Å². The third kappa shape index (κ3) is 3.91. The van der Waals surface area contributed by atoms with Crippen molar-refractivity contribution in [1.82, 2.24) is 9.88 Å². The van der Waals surface area contributed by atoms with Gasteiger partial charge in [0.1, 0.15) is 18.0 Å². The number of benzene rings is 2. The van der Waals surface area contributed by atoms with Crippen LogP contribution in [0, 0.1) is 0 Å². The summed E-state index contributed by atoms with van der Waals surface area (Å²) >= 11 is 6.06. The molecule has 1 atom stereocenters. The molecule has 0 spiro atoms. The Labute approximate surface area is 194 Å². The van der Waals surface area contributed by atoms with Gasteiger partial charge in [-0.05, 0) is 29.8 Å². The predicted octanol–water partition coefficient (Wildman–Crippen LogP) is 4.37. The predicted molar refractivity (Wildman–Crippen MR) is 122 cm³/mol. The van der Waals surface area contributed by atoms with Crippen LogP contribution in [0.25, 0.3) is 11.0 Å². The average Bonchev–Trinajstić information content (AvgIpc) is 3.54. The van der Waals surface area contributed by atoms with E-state index in [4.69, 9.17) is 16.0 Å². The minimum atomic E-state index is -0.744. The number of carbonyl (C=O) groups excluding carboxylic acids is 2. The summed E-state index contributed by atoms with van der Waals surface area (Å²) in [6.45, 7) is 1.03. The first kappa shape index (κ1) is 21.0. The fourth-order valence-corrected chi connectivity index (χ4v) is 4.34. The zero-order chi connectivity index (χ0) is 22.9. The molecule has 1 amide bonds. The summed E-state index contributed by atoms with van der Waals surface area (Å²) in [7, 11) is 0. The van der Waals surface area contributed by atoms with Crippen molar-refractivity contribution in [3.05, 3.63) is 101 Å². The van der Waals surface area contributed by atoms with Gasteiger partial charge < -0.3 is 14.4 Å². The number of nitrogens with zero attached hydrogens (tertiary/aromatic N) is 2. The lowest BCUT2D eigenvalue weighted by molar-refractivity contribution is -0.695. The van der Waals surface area contributed by atoms with E-state index in [2.05, 4.69) is 4.98 Å². The Morgan fingerprint density at radius 1 is 1.18 bits per heavy atom. The van der Waals surface area contributed by atoms with Gasteiger partial charge in [-0.3, -0.25) is 14.6 Å². The number of aryl methyl sites for hydroxylation is 1. The van der Waals surface area contributed by atoms with Gasteiger partial charge in [0.15, 0.2) is 11.5 Å². The van der Waals surface area contributed by atoms with E-state index in [1.165, 1.54) is 4.90 Å². The van der Waals surface area contributed by atoms with Crippen LogP contribution in [0.3, 0.4) is 0 Å². The number of amides is 1. The van der Waals surface area contributed by atoms with E-state index in [1.807, 2.05) is 41.5 Å². The lowest BCUT2D eigenvalue weighted by Gasteiger charge is -2.26. The van der Waals surface area contributed by atoms with E-state index in [9.17, 15) is 14.7 Å². The van der Waals surface area contributed by atoms with Gasteiger partial charge >= 0.3 is 0 Å². The molecular formula is C25H21ClN3O4+. The van der Waals surface area contributed by atoms with Gasteiger partial charge in [0, 0.05) is 23.4 Å². The molecule has 5 rings (SSSR count). The number of fused-ring (bicyclic) bond motifs is 1. The number of Topliss-reactive ketones (excluding diaryl/α,β-unsaturated/α-hetero) is 1. The van der Waals surface area contributed by atoms with Gasteiger partial charge in [0.2, 0.25) is 12.1 Å². The molecule has 166 valence electrons. The largest absolute Gasteiger partial charge is 0.503 e. The van der Waals surface area contributed by atoms with Crippen molar-refractivity contribution in [2.75, 3.05) is 6.54 Å². The molecule has 0 fully saturated rings. The monoisotopic (exact) mass is 462 g/mol. The molecule has 0 bridgehead atoms. The van der Waals surface area contributed by atoms with Crippen molar-refractivity contribution < 1.29 is 23.7 Å². The molecular weight excluding hydrogens is 442 g/mol. The second-order valence-electron chi connectivity index (χ2n) is 7.90. The van der Waals surface area contributed by atoms with Gasteiger partial charge in [-0.1, -0.05) is 41.9 Å². The van der Waals surface area contributed by atoms with Gasteiger partial charge in [-0.25, -0.2) is 4.57 Å². The molecule has 2 aromatic heterocycles. The summed E-state index contributed by atoms with van der Waals surface area (Å²) in [5.74, 6) is -1.56. The number of aromatic nitrogens is 2. The number of halogens is 1. The van der Waals surface area contributed by atoms with Crippen LogP contribution >= 0.6 is 11.6 Å². The number of furan rings is 1. The van der Waals surface area contributed by atoms with Crippen LogP contribution in [0.4, 0.5) is 0 Å². The number of aliphatic hydroxyl groups is 1. The summed E-state index contributed by atoms with van der Waals surface area (Å²) in [6.07, 6.45) is 6.18. The average molecular weight is 463 g/mol. The van der Waals surface area contributed by atoms with E-state index in [-0.39, 0.29) is 11.3 Å². The third-order valence-corrected chi connectivity index (χ3v) is 6.05. The van der Waals surface area contributed by atoms with Crippen molar-refractivity contribution in [1.29, 1.82) is 0 Å². The smallest absolute Gasteiger partial charge is 0.290 e. The highest BCUT2D eigenvalue weighted by Crippen LogP contribution is 2.40. The summed E-state index contributed by atoms with van der Waals surface area (Å²) in [5.41, 5.74) is 1.26. The SMILES string of the molecule is O=C(C1=C(O)C(=O)N(CCC[n+]2cc[nH]c2)C1c1ccc(Cl)cc1)c1cc2ccccc2o1. The number of aromatic amines is 1. The van der Waals surface area contributed by atoms with Gasteiger partial charge in [0.25, 0.3) is 5.91 Å². The number of rotatable bonds is 7. The zero-order valence-electron chi connectivity index (χ0n) is 17.6. The molecule has 0 saturated heterocycles. The molecule has 3 heterocycles. The van der Waals surface area contributed by atoms with Crippen LogP contribution in [-0.2, 0) is 11.3 Å². The Morgan fingerprint density at radius 3 is 2.70 bits per heavy atom. The summed E-state index contributed by atoms with van der Waals surface area (Å²) in [4.78, 5) is 31.1. The Morgan fingerprint density at radius 2 is 1.97 bits per heavy atom. The van der Waals surface area contributed by atoms with Crippen molar-refractivity contribution in [3.63, 3.8) is 0 Å². The molecule has 1 unspecified atom stereocenters. The van der Waals surface area contributed by atoms with Crippen LogP contribution in [0.15, 0.2) is 89.1 Å². The van der Waals surface area contributed by atoms with E-state index < -0.39 is 23.5 Å². The molecule has 1 aliphatic rings. The standard InChI is InChI=1S/C25H20ClN3O4/c26-18-8-6-16(7-9-18)22-21(23(30)20-14-17-4-1-2-5-19(17)33-20)24(31)25(32)29(22)12-3-11-28-13-10-27-15-28/h1-2,4-10,13-15,22H,3,11-12H2,(H,30,31)/p+1. The first-order chi connectivity index (χ1) is 16.0. The van der Waals surface area contributed by atoms with Gasteiger partial charge in [-0.15, -0.1) is 0 Å². The Bertz CT molecular complexity index is 1320. The van der Waals surface area contributed by atoms with Crippen molar-refractivity contribution in [2.24, 2.45) is 0 Å². The van der Waals surface area contributed by atoms with Crippen LogP contribution in [-0.4, -0.2) is 33.2 Å². The Hall–Kier alpha value is -3.84. The molecule has 8 heteroatoms. The number of hydrogen-bond acceptors (Lipinski definition) is 4. The molecule has 7 nitrogen and oxygen atoms in total. The van der Waals surface area contributed by atoms with Crippen LogP contribution < -0.4 is 4.57 Å². The number of nitrogens with one attached hydrogen (secondary N) is 1. The molecule has 2 N–H and O–H groups in total. The number of hydrogen-bond donors (Lipinski definition) is 2. The maximum Gasteiger partial charge on any atom is 0.290 e. The fourth-order valence-electron chi connectivity index (χ4n) is 4.22. The molecule has 0 radical (unpaired) electrons. The highest BCUT2D eigenvalue weighted by atomic mass is 35.5. The van der Waals surface area contributed by atoms with Gasteiger partial charge in [-0.2, -0.15) is 0 Å². The highest BCUT2D eigenvalue weighted by molar-refractivity contribution is 6.30. The van der Waals surface area contributed by atoms with Crippen molar-refractivity contribution in [3.8, 4) is 0 Å². The minimum absolute atomic E-state index is 0.00989. The number of carbonyl (C=O) groups is 2. The van der Waals surface area contributed by atoms with E-state index in [0.29, 0.717) is 35.7 Å². The van der Waals surface area contributed by atoms with Crippen molar-refractivity contribution >= 4 is 34.3 Å². The summed E-state index contributed by atoms with van der Waals surface area (Å²) in [5, 5.41) is 12.1. The quantitative estimate of drug-likeness (QED) is 0.315. The number of aliphatic hydroxyl groups excluding tert-OH is 1. The Kier molecular flexibility index (Phi) is 5.48. The number of imidazole rings is 1. The molecule has 0 saturated carbocycles. The number of H-pyrrole nitrogens is 1. The lowest BCUT2D eigenvalue weighted by Crippen LogP contribution is -2.36. The molecule has 33 heavy (non-hydrogen) atoms. The van der Waals surface area contributed by atoms with Crippen LogP contribution in [0.2, 0.25) is 5.02 Å². The van der Waals surface area contributed by atoms with Crippen LogP contribution in [0.1, 0.15) is 28.6 Å². The highest BCUT2D eigenvalue weighted by Gasteiger charge is 2.44. The second kappa shape index (κ2) is 8.60. The second-order valence-corrected chi connectivity index (χ2v) is 8.33. The molecule has 4 aromatic rings. The summed E-state index contributed by atoms with van der Waals surface area (Å²) < 4.78 is 7.71.